The average molecular weight is 411 g/mol. The van der Waals surface area contributed by atoms with Gasteiger partial charge in [-0.1, -0.05) is 42.5 Å². The molecule has 0 heterocycles. The third kappa shape index (κ3) is 6.78. The lowest BCUT2D eigenvalue weighted by atomic mass is 10.1. The first-order valence-electron chi connectivity index (χ1n) is 8.25. The number of rotatable bonds is 9. The van der Waals surface area contributed by atoms with Gasteiger partial charge >= 0.3 is 0 Å². The number of sulfonamides is 1. The molecule has 0 aliphatic rings. The summed E-state index contributed by atoms with van der Waals surface area (Å²) in [6, 6.07) is 14.8. The average Bonchev–Trinajstić information content (AvgIpc) is 2.66. The lowest BCUT2D eigenvalue weighted by molar-refractivity contribution is -0.120. The zero-order valence-electron chi connectivity index (χ0n) is 14.9. The molecule has 27 heavy (non-hydrogen) atoms. The summed E-state index contributed by atoms with van der Waals surface area (Å²) in [7, 11) is -5.46. The maximum atomic E-state index is 12.2. The Hall–Kier alpha value is -2.23. The van der Waals surface area contributed by atoms with Gasteiger partial charge in [0.2, 0.25) is 15.9 Å². The van der Waals surface area contributed by atoms with E-state index < -0.39 is 19.9 Å². The first kappa shape index (κ1) is 21.1. The topological polar surface area (TPSA) is 109 Å². The summed E-state index contributed by atoms with van der Waals surface area (Å²) < 4.78 is 49.6. The fraction of sp³-hybridized carbons (Fsp3) is 0.278. The van der Waals surface area contributed by atoms with E-state index in [1.165, 1.54) is 19.2 Å². The Morgan fingerprint density at radius 1 is 0.889 bits per heavy atom. The van der Waals surface area contributed by atoms with Gasteiger partial charge in [-0.3, -0.25) is 4.79 Å². The highest BCUT2D eigenvalue weighted by atomic mass is 32.2. The number of benzene rings is 2. The van der Waals surface area contributed by atoms with Crippen LogP contribution in [0.5, 0.6) is 0 Å². The second-order valence-electron chi connectivity index (χ2n) is 5.94. The summed E-state index contributed by atoms with van der Waals surface area (Å²) in [6.07, 6.45) is -0.129. The van der Waals surface area contributed by atoms with Crippen LogP contribution in [-0.4, -0.2) is 35.5 Å². The highest BCUT2D eigenvalue weighted by Crippen LogP contribution is 2.11. The van der Waals surface area contributed by atoms with Crippen molar-refractivity contribution < 1.29 is 21.6 Å². The lowest BCUT2D eigenvalue weighted by Gasteiger charge is -2.08. The van der Waals surface area contributed by atoms with Gasteiger partial charge in [0.15, 0.2) is 9.84 Å². The molecule has 146 valence electrons. The number of hydrogen-bond donors (Lipinski definition) is 2. The Bertz CT molecular complexity index is 970. The molecular weight excluding hydrogens is 388 g/mol. The maximum absolute atomic E-state index is 12.2. The van der Waals surface area contributed by atoms with Gasteiger partial charge in [0.1, 0.15) is 0 Å². The van der Waals surface area contributed by atoms with Crippen molar-refractivity contribution in [1.82, 2.24) is 10.0 Å². The molecule has 2 rings (SSSR count). The molecule has 0 radical (unpaired) electrons. The molecule has 0 aliphatic carbocycles. The maximum Gasteiger partial charge on any atom is 0.221 e. The summed E-state index contributed by atoms with van der Waals surface area (Å²) >= 11 is 0. The Morgan fingerprint density at radius 3 is 2.07 bits per heavy atom. The van der Waals surface area contributed by atoms with Crippen molar-refractivity contribution >= 4 is 25.8 Å². The summed E-state index contributed by atoms with van der Waals surface area (Å²) in [4.78, 5) is 12.1. The van der Waals surface area contributed by atoms with E-state index in [4.69, 9.17) is 0 Å². The van der Waals surface area contributed by atoms with Crippen LogP contribution in [0, 0.1) is 0 Å². The molecule has 7 nitrogen and oxygen atoms in total. The van der Waals surface area contributed by atoms with E-state index in [0.29, 0.717) is 5.56 Å². The van der Waals surface area contributed by atoms with Crippen LogP contribution in [0.1, 0.15) is 17.5 Å². The van der Waals surface area contributed by atoms with Crippen LogP contribution in [0.25, 0.3) is 0 Å². The van der Waals surface area contributed by atoms with E-state index in [9.17, 15) is 21.6 Å². The predicted octanol–water partition coefficient (Wildman–Crippen LogP) is 1.22. The standard InChI is InChI=1S/C18H22N2O5S2/c1-19-27(24,25)14-16-9-7-15(8-10-16)13-20-18(21)11-12-26(22,23)17-5-3-2-4-6-17/h2-10,19H,11-14H2,1H3,(H,20,21). The van der Waals surface area contributed by atoms with E-state index >= 15 is 0 Å². The summed E-state index contributed by atoms with van der Waals surface area (Å²) in [5.74, 6) is -0.742. The minimum atomic E-state index is -3.49. The van der Waals surface area contributed by atoms with Crippen LogP contribution < -0.4 is 10.0 Å². The fourth-order valence-electron chi connectivity index (χ4n) is 2.31. The molecule has 0 saturated carbocycles. The molecule has 0 spiro atoms. The van der Waals surface area contributed by atoms with Crippen molar-refractivity contribution in [3.63, 3.8) is 0 Å². The van der Waals surface area contributed by atoms with E-state index in [2.05, 4.69) is 10.0 Å². The first-order chi connectivity index (χ1) is 12.7. The summed E-state index contributed by atoms with van der Waals surface area (Å²) in [5.41, 5.74) is 1.42. The number of sulfone groups is 1. The second-order valence-corrected chi connectivity index (χ2v) is 9.97. The monoisotopic (exact) mass is 410 g/mol. The molecule has 9 heteroatoms. The van der Waals surface area contributed by atoms with Crippen LogP contribution in [-0.2, 0) is 37.0 Å². The van der Waals surface area contributed by atoms with Crippen molar-refractivity contribution in [2.75, 3.05) is 12.8 Å². The van der Waals surface area contributed by atoms with E-state index in [1.807, 2.05) is 0 Å². The van der Waals surface area contributed by atoms with Crippen molar-refractivity contribution in [3.8, 4) is 0 Å². The van der Waals surface area contributed by atoms with Crippen molar-refractivity contribution in [1.29, 1.82) is 0 Å². The van der Waals surface area contributed by atoms with E-state index in [0.717, 1.165) is 5.56 Å². The normalized spacial score (nSPS) is 11.9. The van der Waals surface area contributed by atoms with Gasteiger partial charge in [0.05, 0.1) is 16.4 Å². The minimum Gasteiger partial charge on any atom is -0.352 e. The molecule has 2 aromatic carbocycles. The smallest absolute Gasteiger partial charge is 0.221 e. The van der Waals surface area contributed by atoms with Gasteiger partial charge in [-0.05, 0) is 30.3 Å². The second kappa shape index (κ2) is 9.12. The van der Waals surface area contributed by atoms with Crippen LogP contribution >= 0.6 is 0 Å². The SMILES string of the molecule is CNS(=O)(=O)Cc1ccc(CNC(=O)CCS(=O)(=O)c2ccccc2)cc1. The molecule has 0 aliphatic heterocycles. The van der Waals surface area contributed by atoms with Gasteiger partial charge < -0.3 is 5.32 Å². The Morgan fingerprint density at radius 2 is 1.48 bits per heavy atom. The predicted molar refractivity (Wildman–Crippen MR) is 103 cm³/mol. The zero-order valence-corrected chi connectivity index (χ0v) is 16.5. The molecule has 0 saturated heterocycles. The van der Waals surface area contributed by atoms with Crippen molar-refractivity contribution in [2.45, 2.75) is 23.6 Å². The Labute approximate surface area is 159 Å². The number of carbonyl (C=O) groups excluding carboxylic acids is 1. The van der Waals surface area contributed by atoms with Gasteiger partial charge in [0.25, 0.3) is 0 Å². The highest BCUT2D eigenvalue weighted by molar-refractivity contribution is 7.91. The molecule has 0 fully saturated rings. The summed E-state index contributed by atoms with van der Waals surface area (Å²) in [6.45, 7) is 0.239. The fourth-order valence-corrected chi connectivity index (χ4v) is 4.34. The third-order valence-electron chi connectivity index (χ3n) is 3.88. The lowest BCUT2D eigenvalue weighted by Crippen LogP contribution is -2.25. The zero-order chi connectivity index (χ0) is 19.9. The van der Waals surface area contributed by atoms with Gasteiger partial charge in [-0.2, -0.15) is 0 Å². The van der Waals surface area contributed by atoms with Gasteiger partial charge in [-0.15, -0.1) is 0 Å². The molecule has 1 amide bonds. The molecule has 2 aromatic rings. The first-order valence-corrected chi connectivity index (χ1v) is 11.6. The van der Waals surface area contributed by atoms with Gasteiger partial charge in [-0.25, -0.2) is 21.6 Å². The summed E-state index contributed by atoms with van der Waals surface area (Å²) in [5, 5.41) is 2.67. The molecule has 0 bridgehead atoms. The minimum absolute atomic E-state index is 0.118. The quantitative estimate of drug-likeness (QED) is 0.646. The van der Waals surface area contributed by atoms with Crippen molar-refractivity contribution in [3.05, 3.63) is 65.7 Å². The van der Waals surface area contributed by atoms with Gasteiger partial charge in [0, 0.05) is 13.0 Å². The number of nitrogens with one attached hydrogen (secondary N) is 2. The van der Waals surface area contributed by atoms with Crippen LogP contribution in [0.15, 0.2) is 59.5 Å². The molecule has 0 atom stereocenters. The number of amides is 1. The van der Waals surface area contributed by atoms with Crippen molar-refractivity contribution in [2.24, 2.45) is 0 Å². The number of carbonyl (C=O) groups is 1. The van der Waals surface area contributed by atoms with Crippen LogP contribution in [0.4, 0.5) is 0 Å². The van der Waals surface area contributed by atoms with E-state index in [-0.39, 0.29) is 35.3 Å². The molecule has 0 unspecified atom stereocenters. The van der Waals surface area contributed by atoms with E-state index in [1.54, 1.807) is 42.5 Å². The Kier molecular flexibility index (Phi) is 7.11. The molecular formula is C18H22N2O5S2. The molecule has 2 N–H and O–H groups in total. The molecule has 0 aromatic heterocycles. The largest absolute Gasteiger partial charge is 0.352 e. The highest BCUT2D eigenvalue weighted by Gasteiger charge is 2.16. The number of hydrogen-bond acceptors (Lipinski definition) is 5. The Balaban J connectivity index is 1.83. The third-order valence-corrected chi connectivity index (χ3v) is 6.95. The van der Waals surface area contributed by atoms with Crippen LogP contribution in [0.3, 0.4) is 0 Å². The van der Waals surface area contributed by atoms with Crippen LogP contribution in [0.2, 0.25) is 0 Å².